The number of carbonyl (C=O) groups excluding carboxylic acids is 2. The Balaban J connectivity index is 1.45. The first-order valence-corrected chi connectivity index (χ1v) is 13.4. The van der Waals surface area contributed by atoms with Gasteiger partial charge in [0.25, 0.3) is 5.91 Å². The topological polar surface area (TPSA) is 140 Å². The number of carboxylic acid groups (broad SMARTS) is 1. The number of amides is 2. The predicted octanol–water partition coefficient (Wildman–Crippen LogP) is 3.48. The second-order valence-corrected chi connectivity index (χ2v) is 11.5. The summed E-state index contributed by atoms with van der Waals surface area (Å²) in [5, 5.41) is 22.0. The number of thioether (sulfide) groups is 1. The summed E-state index contributed by atoms with van der Waals surface area (Å²) in [6.45, 7) is 2.66. The first-order chi connectivity index (χ1) is 18.5. The van der Waals surface area contributed by atoms with Crippen LogP contribution in [-0.2, 0) is 14.4 Å². The lowest BCUT2D eigenvalue weighted by Crippen LogP contribution is -2.79. The zero-order valence-electron chi connectivity index (χ0n) is 20.2. The van der Waals surface area contributed by atoms with Crippen molar-refractivity contribution in [2.45, 2.75) is 36.1 Å². The van der Waals surface area contributed by atoms with Gasteiger partial charge in [-0.1, -0.05) is 34.8 Å². The minimum absolute atomic E-state index is 0.0328. The van der Waals surface area contributed by atoms with E-state index in [1.807, 2.05) is 0 Å². The van der Waals surface area contributed by atoms with Gasteiger partial charge in [0, 0.05) is 23.0 Å². The number of ether oxygens (including phenoxy) is 2. The van der Waals surface area contributed by atoms with Crippen LogP contribution in [0, 0.1) is 0 Å². The van der Waals surface area contributed by atoms with Crippen LogP contribution >= 0.6 is 46.6 Å². The molecule has 0 spiro atoms. The van der Waals surface area contributed by atoms with Crippen LogP contribution in [0.15, 0.2) is 42.7 Å². The summed E-state index contributed by atoms with van der Waals surface area (Å²) in [6.07, 6.45) is 1.20. The number of halogens is 3. The number of aromatic nitrogens is 4. The maximum absolute atomic E-state index is 13.3. The molecule has 0 saturated carbocycles. The zero-order chi connectivity index (χ0) is 28.1. The Morgan fingerprint density at radius 1 is 1.13 bits per heavy atom. The highest BCUT2D eigenvalue weighted by atomic mass is 35.5. The van der Waals surface area contributed by atoms with Gasteiger partial charge in [0.15, 0.2) is 23.9 Å². The Bertz CT molecular complexity index is 1460. The van der Waals surface area contributed by atoms with Crippen LogP contribution in [-0.4, -0.2) is 76.9 Å². The number of tetrazole rings is 1. The van der Waals surface area contributed by atoms with Gasteiger partial charge in [-0.3, -0.25) is 9.59 Å². The van der Waals surface area contributed by atoms with Gasteiger partial charge in [-0.2, -0.15) is 0 Å². The molecule has 2 aliphatic heterocycles. The van der Waals surface area contributed by atoms with Crippen LogP contribution < -0.4 is 14.5 Å². The number of hydrogen-bond acceptors (Lipinski definition) is 9. The zero-order valence-corrected chi connectivity index (χ0v) is 23.3. The number of aliphatic carboxylic acids is 1. The summed E-state index contributed by atoms with van der Waals surface area (Å²) >= 11 is 19.6. The number of β-lactam (4-membered cyclic amide) rings is 1. The van der Waals surface area contributed by atoms with E-state index in [2.05, 4.69) is 15.5 Å². The second kappa shape index (κ2) is 10.4. The van der Waals surface area contributed by atoms with Gasteiger partial charge in [-0.05, 0) is 47.7 Å². The van der Waals surface area contributed by atoms with Gasteiger partial charge in [-0.25, -0.2) is 9.80 Å². The largest absolute Gasteiger partial charge is 0.478 e. The molecule has 2 amide bonds. The number of benzene rings is 2. The van der Waals surface area contributed by atoms with Crippen LogP contribution in [0.3, 0.4) is 0 Å². The number of nitrogens with zero attached hydrogens (tertiary/aromatic N) is 6. The Hall–Kier alpha value is -3.26. The minimum atomic E-state index is -1.88. The van der Waals surface area contributed by atoms with Crippen molar-refractivity contribution < 1.29 is 29.0 Å². The third-order valence-electron chi connectivity index (χ3n) is 6.34. The Labute approximate surface area is 240 Å². The Morgan fingerprint density at radius 2 is 1.82 bits per heavy atom. The van der Waals surface area contributed by atoms with Gasteiger partial charge < -0.3 is 19.5 Å². The second-order valence-electron chi connectivity index (χ2n) is 8.74. The highest BCUT2D eigenvalue weighted by Crippen LogP contribution is 2.48. The number of fused-ring (bicyclic) bond motifs is 1. The molecular weight excluding hydrogens is 595 g/mol. The molecule has 2 aliphatic rings. The predicted molar refractivity (Wildman–Crippen MR) is 142 cm³/mol. The molecule has 1 aromatic heterocycles. The maximum atomic E-state index is 13.3. The molecule has 4 atom stereocenters. The van der Waals surface area contributed by atoms with Crippen molar-refractivity contribution in [2.24, 2.45) is 0 Å². The van der Waals surface area contributed by atoms with Crippen molar-refractivity contribution in [3.8, 4) is 17.2 Å². The molecule has 16 heteroatoms. The van der Waals surface area contributed by atoms with Crippen molar-refractivity contribution in [1.82, 2.24) is 25.2 Å². The normalized spacial score (nSPS) is 24.0. The molecule has 0 bridgehead atoms. The summed E-state index contributed by atoms with van der Waals surface area (Å²) in [6, 6.07) is 8.21. The summed E-state index contributed by atoms with van der Waals surface area (Å²) in [5.74, 6) is -1.78. The van der Waals surface area contributed by atoms with E-state index in [1.165, 1.54) is 48.1 Å². The molecule has 12 nitrogen and oxygen atoms in total. The van der Waals surface area contributed by atoms with Crippen LogP contribution in [0.5, 0.6) is 17.2 Å². The van der Waals surface area contributed by atoms with E-state index in [1.54, 1.807) is 25.1 Å². The standard InChI is InChI=1S/C23H19Cl3N6O6S/c1-11-23(22(35)36,9-30-20(34)19(21(30)39-11)32(12(2)33)31-10-27-28-29-31)38-18-8-14(25)4-6-17(18)37-16-5-3-13(24)7-15(16)26/h3-8,10-11,19,21H,9H2,1-2H3,(H,35,36)/t11?,19?,21-,23?/m1/s1. The lowest BCUT2D eigenvalue weighted by Gasteiger charge is -2.57. The molecule has 1 N–H and O–H groups in total. The van der Waals surface area contributed by atoms with E-state index in [9.17, 15) is 19.5 Å². The molecule has 204 valence electrons. The lowest BCUT2D eigenvalue weighted by atomic mass is 9.94. The molecular formula is C23H19Cl3N6O6S. The van der Waals surface area contributed by atoms with E-state index in [0.29, 0.717) is 5.02 Å². The molecule has 0 aliphatic carbocycles. The number of rotatable bonds is 7. The fourth-order valence-corrected chi connectivity index (χ4v) is 6.57. The third-order valence-corrected chi connectivity index (χ3v) is 8.68. The summed E-state index contributed by atoms with van der Waals surface area (Å²) in [5.41, 5.74) is -1.88. The molecule has 2 fully saturated rings. The van der Waals surface area contributed by atoms with Crippen LogP contribution in [0.1, 0.15) is 13.8 Å². The van der Waals surface area contributed by atoms with E-state index in [4.69, 9.17) is 44.3 Å². The molecule has 3 aromatic rings. The van der Waals surface area contributed by atoms with Crippen molar-refractivity contribution in [3.63, 3.8) is 0 Å². The van der Waals surface area contributed by atoms with Gasteiger partial charge >= 0.3 is 5.97 Å². The van der Waals surface area contributed by atoms with E-state index in [0.717, 1.165) is 9.80 Å². The van der Waals surface area contributed by atoms with Gasteiger partial charge in [0.05, 0.1) is 16.8 Å². The fourth-order valence-electron chi connectivity index (χ4n) is 4.39. The average molecular weight is 614 g/mol. The number of hydrogen-bond donors (Lipinski definition) is 1. The summed E-state index contributed by atoms with van der Waals surface area (Å²) < 4.78 is 12.1. The van der Waals surface area contributed by atoms with Crippen molar-refractivity contribution in [2.75, 3.05) is 11.6 Å². The number of carboxylic acids is 1. The smallest absolute Gasteiger partial charge is 0.351 e. The minimum Gasteiger partial charge on any atom is -0.478 e. The van der Waals surface area contributed by atoms with Crippen molar-refractivity contribution in [3.05, 3.63) is 57.8 Å². The summed E-state index contributed by atoms with van der Waals surface area (Å²) in [7, 11) is 0. The maximum Gasteiger partial charge on any atom is 0.351 e. The molecule has 3 heterocycles. The van der Waals surface area contributed by atoms with Gasteiger partial charge in [-0.15, -0.1) is 21.7 Å². The molecule has 0 radical (unpaired) electrons. The van der Waals surface area contributed by atoms with Crippen LogP contribution in [0.2, 0.25) is 15.1 Å². The quantitative estimate of drug-likeness (QED) is 0.394. The molecule has 39 heavy (non-hydrogen) atoms. The Morgan fingerprint density at radius 3 is 2.44 bits per heavy atom. The first kappa shape index (κ1) is 27.3. The van der Waals surface area contributed by atoms with Crippen molar-refractivity contribution in [1.29, 1.82) is 0 Å². The van der Waals surface area contributed by atoms with Crippen LogP contribution in [0.4, 0.5) is 0 Å². The monoisotopic (exact) mass is 612 g/mol. The van der Waals surface area contributed by atoms with Crippen LogP contribution in [0.25, 0.3) is 0 Å². The van der Waals surface area contributed by atoms with E-state index < -0.39 is 40.1 Å². The van der Waals surface area contributed by atoms with Gasteiger partial charge in [0.2, 0.25) is 11.5 Å². The highest BCUT2D eigenvalue weighted by molar-refractivity contribution is 8.00. The fraction of sp³-hybridized carbons (Fsp3) is 0.304. The SMILES string of the molecule is CC(=O)N(C1C(=O)N2CC(Oc3cc(Cl)ccc3Oc3ccc(Cl)cc3Cl)(C(=O)O)C(C)S[C@H]12)n1cnnn1. The van der Waals surface area contributed by atoms with Crippen molar-refractivity contribution >= 4 is 64.3 Å². The number of carbonyl (C=O) groups is 3. The summed E-state index contributed by atoms with van der Waals surface area (Å²) in [4.78, 5) is 40.8. The first-order valence-electron chi connectivity index (χ1n) is 11.4. The van der Waals surface area contributed by atoms with E-state index in [-0.39, 0.29) is 33.8 Å². The molecule has 2 aromatic carbocycles. The Kier molecular flexibility index (Phi) is 7.27. The lowest BCUT2D eigenvalue weighted by molar-refractivity contribution is -0.166. The van der Waals surface area contributed by atoms with E-state index >= 15 is 0 Å². The van der Waals surface area contributed by atoms with Gasteiger partial charge in [0.1, 0.15) is 11.1 Å². The molecule has 2 saturated heterocycles. The molecule has 3 unspecified atom stereocenters. The average Bonchev–Trinajstić information content (AvgIpc) is 3.40. The third kappa shape index (κ3) is 4.84. The molecule has 5 rings (SSSR count). The highest BCUT2D eigenvalue weighted by Gasteiger charge is 2.64.